The Labute approximate surface area is 110 Å². The second kappa shape index (κ2) is 5.41. The van der Waals surface area contributed by atoms with Crippen molar-refractivity contribution in [2.45, 2.75) is 31.1 Å². The Kier molecular flexibility index (Phi) is 3.67. The topological polar surface area (TPSA) is 15.3 Å². The lowest BCUT2D eigenvalue weighted by atomic mass is 9.73. The molecule has 0 radical (unpaired) electrons. The second-order valence-electron chi connectivity index (χ2n) is 5.88. The summed E-state index contributed by atoms with van der Waals surface area (Å²) in [6.45, 7) is 6.22. The summed E-state index contributed by atoms with van der Waals surface area (Å²) >= 11 is 0. The summed E-state index contributed by atoms with van der Waals surface area (Å²) in [6, 6.07) is 11.2. The van der Waals surface area contributed by atoms with E-state index in [1.54, 1.807) is 5.56 Å². The van der Waals surface area contributed by atoms with Gasteiger partial charge in [0.2, 0.25) is 0 Å². The van der Waals surface area contributed by atoms with Gasteiger partial charge in [0.25, 0.3) is 0 Å². The third-order valence-electron chi connectivity index (χ3n) is 4.67. The fourth-order valence-corrected chi connectivity index (χ4v) is 3.60. The minimum absolute atomic E-state index is 0.400. The maximum atomic E-state index is 3.52. The Hall–Kier alpha value is -0.860. The van der Waals surface area contributed by atoms with Crippen LogP contribution in [0.3, 0.4) is 0 Å². The number of nitrogens with zero attached hydrogens (tertiary/aromatic N) is 1. The first-order valence-electron chi connectivity index (χ1n) is 7.38. The molecule has 98 valence electrons. The Balaban J connectivity index is 1.83. The molecule has 2 nitrogen and oxygen atoms in total. The molecule has 0 saturated carbocycles. The van der Waals surface area contributed by atoms with Crippen LogP contribution in [0.4, 0.5) is 0 Å². The van der Waals surface area contributed by atoms with Gasteiger partial charge in [-0.3, -0.25) is 0 Å². The molecule has 1 aromatic carbocycles. The van der Waals surface area contributed by atoms with Crippen LogP contribution in [0.5, 0.6) is 0 Å². The van der Waals surface area contributed by atoms with Crippen molar-refractivity contribution in [1.29, 1.82) is 0 Å². The van der Waals surface area contributed by atoms with Crippen molar-refractivity contribution < 1.29 is 0 Å². The van der Waals surface area contributed by atoms with Gasteiger partial charge in [-0.1, -0.05) is 30.3 Å². The molecule has 0 amide bonds. The van der Waals surface area contributed by atoms with E-state index in [2.05, 4.69) is 40.5 Å². The van der Waals surface area contributed by atoms with Crippen molar-refractivity contribution >= 4 is 0 Å². The van der Waals surface area contributed by atoms with Crippen LogP contribution < -0.4 is 5.32 Å². The third-order valence-corrected chi connectivity index (χ3v) is 4.67. The Bertz CT molecular complexity index is 362. The van der Waals surface area contributed by atoms with Crippen LogP contribution in [0.1, 0.15) is 31.2 Å². The molecule has 0 atom stereocenters. The molecule has 2 fully saturated rings. The molecule has 0 aromatic heterocycles. The maximum absolute atomic E-state index is 3.52. The Morgan fingerprint density at radius 3 is 2.33 bits per heavy atom. The van der Waals surface area contributed by atoms with Crippen LogP contribution in [-0.2, 0) is 5.41 Å². The summed E-state index contributed by atoms with van der Waals surface area (Å²) in [5.74, 6) is 0. The molecule has 0 spiro atoms. The molecule has 2 aliphatic rings. The van der Waals surface area contributed by atoms with Crippen LogP contribution >= 0.6 is 0 Å². The normalized spacial score (nSPS) is 24.2. The standard InChI is InChI=1S/C16H24N2/c1-2-6-15(7-3-1)16(8-10-17-11-9-16)14-18-12-4-5-13-18/h1-3,6-7,17H,4-5,8-14H2. The lowest BCUT2D eigenvalue weighted by molar-refractivity contribution is 0.200. The minimum Gasteiger partial charge on any atom is -0.317 e. The van der Waals surface area contributed by atoms with Gasteiger partial charge in [-0.15, -0.1) is 0 Å². The van der Waals surface area contributed by atoms with Gasteiger partial charge in [-0.05, 0) is 57.4 Å². The van der Waals surface area contributed by atoms with E-state index in [1.807, 2.05) is 0 Å². The highest BCUT2D eigenvalue weighted by atomic mass is 15.1. The third kappa shape index (κ3) is 2.45. The number of benzene rings is 1. The van der Waals surface area contributed by atoms with Gasteiger partial charge in [0.1, 0.15) is 0 Å². The van der Waals surface area contributed by atoms with Crippen molar-refractivity contribution in [2.24, 2.45) is 0 Å². The molecular formula is C16H24N2. The molecule has 0 aliphatic carbocycles. The molecule has 2 saturated heterocycles. The zero-order chi connectivity index (χ0) is 12.3. The van der Waals surface area contributed by atoms with Crippen LogP contribution in [-0.4, -0.2) is 37.6 Å². The molecule has 0 unspecified atom stereocenters. The molecule has 18 heavy (non-hydrogen) atoms. The summed E-state index contributed by atoms with van der Waals surface area (Å²) < 4.78 is 0. The van der Waals surface area contributed by atoms with Crippen molar-refractivity contribution in [3.05, 3.63) is 35.9 Å². The SMILES string of the molecule is c1ccc(C2(CN3CCCC3)CCNCC2)cc1. The summed E-state index contributed by atoms with van der Waals surface area (Å²) in [4.78, 5) is 2.68. The van der Waals surface area contributed by atoms with E-state index >= 15 is 0 Å². The highest BCUT2D eigenvalue weighted by Gasteiger charge is 2.35. The van der Waals surface area contributed by atoms with Crippen LogP contribution in [0.25, 0.3) is 0 Å². The predicted octanol–water partition coefficient (Wildman–Crippen LogP) is 2.40. The molecule has 1 N–H and O–H groups in total. The van der Waals surface area contributed by atoms with Crippen molar-refractivity contribution in [3.8, 4) is 0 Å². The highest BCUT2D eigenvalue weighted by Crippen LogP contribution is 2.35. The van der Waals surface area contributed by atoms with Gasteiger partial charge in [0.05, 0.1) is 0 Å². The van der Waals surface area contributed by atoms with Gasteiger partial charge in [0, 0.05) is 12.0 Å². The number of rotatable bonds is 3. The van der Waals surface area contributed by atoms with Gasteiger partial charge in [-0.2, -0.15) is 0 Å². The van der Waals surface area contributed by atoms with E-state index < -0.39 is 0 Å². The van der Waals surface area contributed by atoms with Gasteiger partial charge < -0.3 is 10.2 Å². The Morgan fingerprint density at radius 1 is 1.00 bits per heavy atom. The largest absolute Gasteiger partial charge is 0.317 e. The fraction of sp³-hybridized carbons (Fsp3) is 0.625. The molecule has 3 rings (SSSR count). The van der Waals surface area contributed by atoms with E-state index in [0.29, 0.717) is 5.41 Å². The van der Waals surface area contributed by atoms with Crippen molar-refractivity contribution in [2.75, 3.05) is 32.7 Å². The van der Waals surface area contributed by atoms with E-state index in [1.165, 1.54) is 58.4 Å². The van der Waals surface area contributed by atoms with Crippen molar-refractivity contribution in [1.82, 2.24) is 10.2 Å². The van der Waals surface area contributed by atoms with E-state index in [9.17, 15) is 0 Å². The van der Waals surface area contributed by atoms with Crippen LogP contribution in [0, 0.1) is 0 Å². The monoisotopic (exact) mass is 244 g/mol. The molecule has 1 aromatic rings. The summed E-state index contributed by atoms with van der Waals surface area (Å²) in [6.07, 6.45) is 5.35. The molecule has 0 bridgehead atoms. The van der Waals surface area contributed by atoms with E-state index in [0.717, 1.165) is 0 Å². The molecule has 2 heterocycles. The number of piperidine rings is 1. The van der Waals surface area contributed by atoms with Gasteiger partial charge >= 0.3 is 0 Å². The zero-order valence-electron chi connectivity index (χ0n) is 11.2. The highest BCUT2D eigenvalue weighted by molar-refractivity contribution is 5.27. The van der Waals surface area contributed by atoms with Crippen LogP contribution in [0.15, 0.2) is 30.3 Å². The zero-order valence-corrected chi connectivity index (χ0v) is 11.2. The summed E-state index contributed by atoms with van der Waals surface area (Å²) in [5, 5.41) is 3.52. The maximum Gasteiger partial charge on any atom is 0.0104 e. The molecular weight excluding hydrogens is 220 g/mol. The second-order valence-corrected chi connectivity index (χ2v) is 5.88. The van der Waals surface area contributed by atoms with Gasteiger partial charge in [-0.25, -0.2) is 0 Å². The van der Waals surface area contributed by atoms with E-state index in [-0.39, 0.29) is 0 Å². The number of nitrogens with one attached hydrogen (secondary N) is 1. The number of hydrogen-bond donors (Lipinski definition) is 1. The first-order valence-corrected chi connectivity index (χ1v) is 7.38. The number of likely N-dealkylation sites (tertiary alicyclic amines) is 1. The van der Waals surface area contributed by atoms with Crippen LogP contribution in [0.2, 0.25) is 0 Å². The first kappa shape index (κ1) is 12.2. The lowest BCUT2D eigenvalue weighted by Crippen LogP contribution is -2.47. The fourth-order valence-electron chi connectivity index (χ4n) is 3.60. The lowest BCUT2D eigenvalue weighted by Gasteiger charge is -2.41. The van der Waals surface area contributed by atoms with Gasteiger partial charge in [0.15, 0.2) is 0 Å². The van der Waals surface area contributed by atoms with E-state index in [4.69, 9.17) is 0 Å². The average Bonchev–Trinajstić information content (AvgIpc) is 2.94. The summed E-state index contributed by atoms with van der Waals surface area (Å²) in [7, 11) is 0. The molecule has 2 aliphatic heterocycles. The quantitative estimate of drug-likeness (QED) is 0.878. The predicted molar refractivity (Wildman–Crippen MR) is 75.9 cm³/mol. The molecule has 2 heteroatoms. The van der Waals surface area contributed by atoms with Crippen molar-refractivity contribution in [3.63, 3.8) is 0 Å². The minimum atomic E-state index is 0.400. The average molecular weight is 244 g/mol. The summed E-state index contributed by atoms with van der Waals surface area (Å²) in [5.41, 5.74) is 1.95. The smallest absolute Gasteiger partial charge is 0.0104 e. The Morgan fingerprint density at radius 2 is 1.67 bits per heavy atom. The first-order chi connectivity index (χ1) is 8.89. The number of hydrogen-bond acceptors (Lipinski definition) is 2.